The molecule has 0 aliphatic heterocycles. The van der Waals surface area contributed by atoms with E-state index in [1.54, 1.807) is 0 Å². The highest BCUT2D eigenvalue weighted by molar-refractivity contribution is 5.86. The first-order valence-electron chi connectivity index (χ1n) is 6.70. The Balaban J connectivity index is 1.88. The van der Waals surface area contributed by atoms with Gasteiger partial charge in [0.05, 0.1) is 12.1 Å². The molecule has 2 saturated carbocycles. The average Bonchev–Trinajstić information content (AvgIpc) is 3.04. The highest BCUT2D eigenvalue weighted by atomic mass is 16.2. The van der Waals surface area contributed by atoms with Crippen molar-refractivity contribution in [2.45, 2.75) is 51.0 Å². The summed E-state index contributed by atoms with van der Waals surface area (Å²) in [7, 11) is 0. The normalized spacial score (nSPS) is 21.7. The third-order valence-electron chi connectivity index (χ3n) is 3.83. The van der Waals surface area contributed by atoms with Crippen LogP contribution in [-0.2, 0) is 4.79 Å². The van der Waals surface area contributed by atoms with E-state index in [0.717, 1.165) is 38.1 Å². The summed E-state index contributed by atoms with van der Waals surface area (Å²) in [5, 5.41) is 6.46. The van der Waals surface area contributed by atoms with Crippen molar-refractivity contribution >= 4 is 5.91 Å². The largest absolute Gasteiger partial charge is 0.354 e. The van der Waals surface area contributed by atoms with Crippen molar-refractivity contribution in [3.05, 3.63) is 0 Å². The van der Waals surface area contributed by atoms with Crippen LogP contribution in [0.15, 0.2) is 0 Å². The molecule has 2 aliphatic carbocycles. The van der Waals surface area contributed by atoms with Crippen molar-refractivity contribution in [3.8, 4) is 11.8 Å². The Morgan fingerprint density at radius 3 is 2.65 bits per heavy atom. The molecule has 17 heavy (non-hydrogen) atoms. The first kappa shape index (κ1) is 12.4. The van der Waals surface area contributed by atoms with Gasteiger partial charge in [0.15, 0.2) is 0 Å². The second kappa shape index (κ2) is 5.55. The molecule has 2 N–H and O–H groups in total. The van der Waals surface area contributed by atoms with Crippen molar-refractivity contribution in [2.75, 3.05) is 13.1 Å². The van der Waals surface area contributed by atoms with Gasteiger partial charge in [-0.25, -0.2) is 0 Å². The van der Waals surface area contributed by atoms with E-state index in [2.05, 4.69) is 22.5 Å². The van der Waals surface area contributed by atoms with E-state index in [9.17, 15) is 4.79 Å². The van der Waals surface area contributed by atoms with Crippen molar-refractivity contribution in [3.63, 3.8) is 0 Å². The molecular formula is C14H22N2O. The maximum Gasteiger partial charge on any atom is 0.240 e. The minimum Gasteiger partial charge on any atom is -0.354 e. The van der Waals surface area contributed by atoms with Gasteiger partial charge in [-0.05, 0) is 38.5 Å². The molecule has 0 aromatic carbocycles. The molecule has 1 amide bonds. The lowest BCUT2D eigenvalue weighted by Crippen LogP contribution is -2.55. The zero-order valence-electron chi connectivity index (χ0n) is 10.6. The number of carbonyl (C=O) groups is 1. The first-order chi connectivity index (χ1) is 8.27. The second-order valence-electron chi connectivity index (χ2n) is 5.22. The Morgan fingerprint density at radius 1 is 1.35 bits per heavy atom. The Kier molecular flexibility index (Phi) is 4.06. The first-order valence-corrected chi connectivity index (χ1v) is 6.70. The molecule has 0 heterocycles. The van der Waals surface area contributed by atoms with E-state index in [1.165, 1.54) is 12.8 Å². The van der Waals surface area contributed by atoms with Gasteiger partial charge in [-0.3, -0.25) is 10.1 Å². The highest BCUT2D eigenvalue weighted by Crippen LogP contribution is 2.31. The molecule has 0 radical (unpaired) electrons. The lowest BCUT2D eigenvalue weighted by atomic mass is 9.96. The van der Waals surface area contributed by atoms with Crippen LogP contribution in [-0.4, -0.2) is 24.5 Å². The zero-order valence-corrected chi connectivity index (χ0v) is 10.6. The van der Waals surface area contributed by atoms with E-state index in [0.29, 0.717) is 6.54 Å². The summed E-state index contributed by atoms with van der Waals surface area (Å²) in [6, 6.07) is 0. The molecule has 0 unspecified atom stereocenters. The number of rotatable bonds is 5. The predicted molar refractivity (Wildman–Crippen MR) is 68.4 cm³/mol. The van der Waals surface area contributed by atoms with Crippen LogP contribution in [0.4, 0.5) is 0 Å². The third-order valence-corrected chi connectivity index (χ3v) is 3.83. The second-order valence-corrected chi connectivity index (χ2v) is 5.22. The van der Waals surface area contributed by atoms with Gasteiger partial charge < -0.3 is 5.32 Å². The summed E-state index contributed by atoms with van der Waals surface area (Å²) < 4.78 is 0. The molecule has 94 valence electrons. The van der Waals surface area contributed by atoms with Gasteiger partial charge in [-0.2, -0.15) is 0 Å². The summed E-state index contributed by atoms with van der Waals surface area (Å²) in [5.41, 5.74) is -0.335. The molecule has 0 saturated heterocycles. The van der Waals surface area contributed by atoms with Crippen LogP contribution in [0.25, 0.3) is 0 Å². The van der Waals surface area contributed by atoms with Crippen molar-refractivity contribution in [1.29, 1.82) is 0 Å². The third kappa shape index (κ3) is 3.23. The number of hydrogen-bond donors (Lipinski definition) is 2. The fourth-order valence-corrected chi connectivity index (χ4v) is 2.49. The smallest absolute Gasteiger partial charge is 0.240 e. The molecule has 2 aliphatic rings. The van der Waals surface area contributed by atoms with Crippen LogP contribution >= 0.6 is 0 Å². The molecule has 0 aromatic heterocycles. The molecule has 0 bridgehead atoms. The summed E-state index contributed by atoms with van der Waals surface area (Å²) >= 11 is 0. The Hall–Kier alpha value is -1.01. The van der Waals surface area contributed by atoms with Gasteiger partial charge in [0, 0.05) is 6.54 Å². The van der Waals surface area contributed by atoms with Gasteiger partial charge in [0.2, 0.25) is 5.91 Å². The summed E-state index contributed by atoms with van der Waals surface area (Å²) in [5.74, 6) is 6.79. The van der Waals surface area contributed by atoms with Gasteiger partial charge in [-0.1, -0.05) is 18.8 Å². The van der Waals surface area contributed by atoms with Gasteiger partial charge in [-0.15, -0.1) is 5.92 Å². The standard InChI is InChI=1S/C14H22N2O/c1-2-3-10-16-14(8-4-5-9-14)13(17)15-11-12-6-7-12/h12,16H,4-11H2,1H3,(H,15,17). The van der Waals surface area contributed by atoms with Crippen molar-refractivity contribution < 1.29 is 4.79 Å². The van der Waals surface area contributed by atoms with Crippen molar-refractivity contribution in [2.24, 2.45) is 5.92 Å². The van der Waals surface area contributed by atoms with E-state index in [1.807, 2.05) is 6.92 Å². The minimum atomic E-state index is -0.335. The highest BCUT2D eigenvalue weighted by Gasteiger charge is 2.40. The quantitative estimate of drug-likeness (QED) is 0.707. The zero-order chi connectivity index (χ0) is 12.1. The van der Waals surface area contributed by atoms with Gasteiger partial charge >= 0.3 is 0 Å². The number of nitrogens with one attached hydrogen (secondary N) is 2. The maximum absolute atomic E-state index is 12.3. The van der Waals surface area contributed by atoms with E-state index < -0.39 is 0 Å². The fraction of sp³-hybridized carbons (Fsp3) is 0.786. The van der Waals surface area contributed by atoms with Gasteiger partial charge in [0.1, 0.15) is 0 Å². The molecule has 0 aromatic rings. The van der Waals surface area contributed by atoms with E-state index in [-0.39, 0.29) is 11.4 Å². The lowest BCUT2D eigenvalue weighted by molar-refractivity contribution is -0.127. The Bertz CT molecular complexity index is 330. The molecule has 2 rings (SSSR count). The van der Waals surface area contributed by atoms with Crippen LogP contribution in [0.2, 0.25) is 0 Å². The summed E-state index contributed by atoms with van der Waals surface area (Å²) in [4.78, 5) is 12.3. The summed E-state index contributed by atoms with van der Waals surface area (Å²) in [6.45, 7) is 3.31. The van der Waals surface area contributed by atoms with Crippen LogP contribution < -0.4 is 10.6 Å². The number of amides is 1. The van der Waals surface area contributed by atoms with Crippen molar-refractivity contribution in [1.82, 2.24) is 10.6 Å². The summed E-state index contributed by atoms with van der Waals surface area (Å²) in [6.07, 6.45) is 6.75. The average molecular weight is 234 g/mol. The number of carbonyl (C=O) groups excluding carboxylic acids is 1. The van der Waals surface area contributed by atoms with Crippen LogP contribution in [0.1, 0.15) is 45.4 Å². The number of hydrogen-bond acceptors (Lipinski definition) is 2. The minimum absolute atomic E-state index is 0.194. The fourth-order valence-electron chi connectivity index (χ4n) is 2.49. The topological polar surface area (TPSA) is 41.1 Å². The van der Waals surface area contributed by atoms with Crippen LogP contribution in [0.3, 0.4) is 0 Å². The van der Waals surface area contributed by atoms with Crippen LogP contribution in [0, 0.1) is 17.8 Å². The van der Waals surface area contributed by atoms with E-state index >= 15 is 0 Å². The Morgan fingerprint density at radius 2 is 2.06 bits per heavy atom. The van der Waals surface area contributed by atoms with Crippen LogP contribution in [0.5, 0.6) is 0 Å². The van der Waals surface area contributed by atoms with E-state index in [4.69, 9.17) is 0 Å². The van der Waals surface area contributed by atoms with Gasteiger partial charge in [0.25, 0.3) is 0 Å². The Labute approximate surface area is 104 Å². The molecule has 0 spiro atoms. The molecule has 3 heteroatoms. The maximum atomic E-state index is 12.3. The predicted octanol–water partition coefficient (Wildman–Crippen LogP) is 1.44. The molecule has 2 fully saturated rings. The lowest BCUT2D eigenvalue weighted by Gasteiger charge is -2.28. The SMILES string of the molecule is CC#CCNC1(C(=O)NCC2CC2)CCCC1. The molecule has 0 atom stereocenters. The monoisotopic (exact) mass is 234 g/mol. The molecule has 3 nitrogen and oxygen atoms in total. The molecular weight excluding hydrogens is 212 g/mol.